The molecule has 4 nitrogen and oxygen atoms in total. The van der Waals surface area contributed by atoms with Crippen LogP contribution in [0.3, 0.4) is 0 Å². The van der Waals surface area contributed by atoms with Crippen molar-refractivity contribution in [3.8, 4) is 0 Å². The van der Waals surface area contributed by atoms with Crippen molar-refractivity contribution in [2.75, 3.05) is 13.1 Å². The highest BCUT2D eigenvalue weighted by molar-refractivity contribution is 5.76. The number of nitrogens with zero attached hydrogens (tertiary/aromatic N) is 1. The zero-order chi connectivity index (χ0) is 12.4. The molecule has 4 heteroatoms. The molecular weight excluding hydrogens is 216 g/mol. The van der Waals surface area contributed by atoms with Gasteiger partial charge in [-0.1, -0.05) is 19.1 Å². The summed E-state index contributed by atoms with van der Waals surface area (Å²) in [7, 11) is 0. The minimum absolute atomic E-state index is 0.273. The molecule has 0 saturated heterocycles. The predicted octanol–water partition coefficient (Wildman–Crippen LogP) is 0.903. The second-order valence-corrected chi connectivity index (χ2v) is 4.61. The number of hydrogen-bond donors (Lipinski definition) is 1. The van der Waals surface area contributed by atoms with Crippen LogP contribution in [0, 0.1) is 0 Å². The molecule has 17 heavy (non-hydrogen) atoms. The standard InChI is InChI=1S/C13H16N2O2/c1-9-5-15(7-13(14)17)6-11-4-10(8-16)2-3-12(9)11/h2-4,8-9H,5-7H2,1H3,(H2,14,17). The molecule has 1 aliphatic rings. The monoisotopic (exact) mass is 232 g/mol. The van der Waals surface area contributed by atoms with Crippen molar-refractivity contribution in [2.24, 2.45) is 5.73 Å². The van der Waals surface area contributed by atoms with Gasteiger partial charge in [-0.2, -0.15) is 0 Å². The van der Waals surface area contributed by atoms with Gasteiger partial charge in [-0.05, 0) is 23.1 Å². The molecule has 2 rings (SSSR count). The molecule has 0 fully saturated rings. The Hall–Kier alpha value is -1.68. The molecule has 0 saturated carbocycles. The van der Waals surface area contributed by atoms with Gasteiger partial charge in [0.05, 0.1) is 6.54 Å². The van der Waals surface area contributed by atoms with Crippen LogP contribution in [-0.2, 0) is 11.3 Å². The van der Waals surface area contributed by atoms with Crippen molar-refractivity contribution in [3.63, 3.8) is 0 Å². The number of hydrogen-bond acceptors (Lipinski definition) is 3. The summed E-state index contributed by atoms with van der Waals surface area (Å²) in [5.41, 5.74) is 8.27. The zero-order valence-electron chi connectivity index (χ0n) is 9.85. The summed E-state index contributed by atoms with van der Waals surface area (Å²) in [4.78, 5) is 23.7. The van der Waals surface area contributed by atoms with Crippen molar-refractivity contribution >= 4 is 12.2 Å². The Kier molecular flexibility index (Phi) is 3.24. The summed E-state index contributed by atoms with van der Waals surface area (Å²) < 4.78 is 0. The van der Waals surface area contributed by atoms with Gasteiger partial charge in [0.25, 0.3) is 0 Å². The summed E-state index contributed by atoms with van der Waals surface area (Å²) in [5.74, 6) is 0.0472. The van der Waals surface area contributed by atoms with Gasteiger partial charge in [-0.15, -0.1) is 0 Å². The number of primary amides is 1. The molecule has 0 aromatic heterocycles. The largest absolute Gasteiger partial charge is 0.369 e. The average molecular weight is 232 g/mol. The summed E-state index contributed by atoms with van der Waals surface area (Å²) in [5, 5.41) is 0. The lowest BCUT2D eigenvalue weighted by Gasteiger charge is -2.32. The first kappa shape index (κ1) is 11.8. The summed E-state index contributed by atoms with van der Waals surface area (Å²) in [6.45, 7) is 3.91. The minimum atomic E-state index is -0.313. The first-order valence-electron chi connectivity index (χ1n) is 5.69. The van der Waals surface area contributed by atoms with Crippen molar-refractivity contribution in [3.05, 3.63) is 34.9 Å². The normalized spacial score (nSPS) is 19.7. The van der Waals surface area contributed by atoms with Crippen LogP contribution in [0.4, 0.5) is 0 Å². The van der Waals surface area contributed by atoms with Gasteiger partial charge in [0, 0.05) is 18.7 Å². The van der Waals surface area contributed by atoms with Gasteiger partial charge in [0.2, 0.25) is 5.91 Å². The third-order valence-electron chi connectivity index (χ3n) is 3.14. The third kappa shape index (κ3) is 2.53. The minimum Gasteiger partial charge on any atom is -0.369 e. The Morgan fingerprint density at radius 1 is 1.59 bits per heavy atom. The zero-order valence-corrected chi connectivity index (χ0v) is 9.85. The Labute approximate surface area is 100 Å². The molecule has 1 atom stereocenters. The van der Waals surface area contributed by atoms with E-state index in [0.717, 1.165) is 18.4 Å². The van der Waals surface area contributed by atoms with E-state index in [9.17, 15) is 9.59 Å². The molecule has 0 bridgehead atoms. The van der Waals surface area contributed by atoms with Gasteiger partial charge < -0.3 is 5.73 Å². The lowest BCUT2D eigenvalue weighted by atomic mass is 9.90. The number of amides is 1. The fourth-order valence-corrected chi connectivity index (χ4v) is 2.45. The summed E-state index contributed by atoms with van der Waals surface area (Å²) >= 11 is 0. The lowest BCUT2D eigenvalue weighted by Crippen LogP contribution is -2.38. The van der Waals surface area contributed by atoms with Crippen LogP contribution in [0.5, 0.6) is 0 Å². The fraction of sp³-hybridized carbons (Fsp3) is 0.385. The number of rotatable bonds is 3. The molecule has 2 N–H and O–H groups in total. The molecule has 1 aliphatic heterocycles. The molecule has 0 spiro atoms. The Morgan fingerprint density at radius 3 is 3.00 bits per heavy atom. The Morgan fingerprint density at radius 2 is 2.35 bits per heavy atom. The van der Waals surface area contributed by atoms with E-state index in [1.807, 2.05) is 23.1 Å². The van der Waals surface area contributed by atoms with E-state index in [-0.39, 0.29) is 12.5 Å². The van der Waals surface area contributed by atoms with Crippen LogP contribution in [0.25, 0.3) is 0 Å². The number of carbonyl (C=O) groups is 2. The first-order valence-corrected chi connectivity index (χ1v) is 5.69. The van der Waals surface area contributed by atoms with E-state index in [4.69, 9.17) is 5.73 Å². The molecular formula is C13H16N2O2. The lowest BCUT2D eigenvalue weighted by molar-refractivity contribution is -0.119. The van der Waals surface area contributed by atoms with Crippen molar-refractivity contribution < 1.29 is 9.59 Å². The Balaban J connectivity index is 2.26. The highest BCUT2D eigenvalue weighted by Gasteiger charge is 2.23. The van der Waals surface area contributed by atoms with Gasteiger partial charge in [0.15, 0.2) is 0 Å². The molecule has 1 unspecified atom stereocenters. The van der Waals surface area contributed by atoms with Crippen LogP contribution in [0.15, 0.2) is 18.2 Å². The number of aldehydes is 1. The molecule has 1 aromatic carbocycles. The van der Waals surface area contributed by atoms with E-state index < -0.39 is 0 Å². The van der Waals surface area contributed by atoms with Crippen LogP contribution in [0.2, 0.25) is 0 Å². The highest BCUT2D eigenvalue weighted by Crippen LogP contribution is 2.28. The first-order chi connectivity index (χ1) is 8.10. The van der Waals surface area contributed by atoms with Crippen LogP contribution >= 0.6 is 0 Å². The van der Waals surface area contributed by atoms with Crippen LogP contribution in [-0.4, -0.2) is 30.2 Å². The van der Waals surface area contributed by atoms with Crippen LogP contribution in [0.1, 0.15) is 34.3 Å². The second kappa shape index (κ2) is 4.67. The molecule has 1 aromatic rings. The molecule has 90 valence electrons. The van der Waals surface area contributed by atoms with E-state index >= 15 is 0 Å². The second-order valence-electron chi connectivity index (χ2n) is 4.61. The maximum absolute atomic E-state index is 10.9. The smallest absolute Gasteiger partial charge is 0.231 e. The number of fused-ring (bicyclic) bond motifs is 1. The molecule has 0 radical (unpaired) electrons. The fourth-order valence-electron chi connectivity index (χ4n) is 2.45. The number of carbonyl (C=O) groups excluding carboxylic acids is 2. The van der Waals surface area contributed by atoms with E-state index in [1.54, 1.807) is 0 Å². The summed E-state index contributed by atoms with van der Waals surface area (Å²) in [6, 6.07) is 5.74. The van der Waals surface area contributed by atoms with Gasteiger partial charge in [-0.3, -0.25) is 14.5 Å². The van der Waals surface area contributed by atoms with Gasteiger partial charge in [0.1, 0.15) is 6.29 Å². The highest BCUT2D eigenvalue weighted by atomic mass is 16.1. The molecule has 0 aliphatic carbocycles. The molecule has 1 amide bonds. The van der Waals surface area contributed by atoms with Gasteiger partial charge >= 0.3 is 0 Å². The van der Waals surface area contributed by atoms with Crippen molar-refractivity contribution in [1.82, 2.24) is 4.90 Å². The quantitative estimate of drug-likeness (QED) is 0.788. The molecule has 1 heterocycles. The van der Waals surface area contributed by atoms with E-state index in [1.165, 1.54) is 5.56 Å². The topological polar surface area (TPSA) is 63.4 Å². The van der Waals surface area contributed by atoms with Crippen molar-refractivity contribution in [1.29, 1.82) is 0 Å². The predicted molar refractivity (Wildman–Crippen MR) is 64.7 cm³/mol. The van der Waals surface area contributed by atoms with Gasteiger partial charge in [-0.25, -0.2) is 0 Å². The third-order valence-corrected chi connectivity index (χ3v) is 3.14. The number of nitrogens with two attached hydrogens (primary N) is 1. The maximum atomic E-state index is 10.9. The van der Waals surface area contributed by atoms with Crippen LogP contribution < -0.4 is 5.73 Å². The summed E-state index contributed by atoms with van der Waals surface area (Å²) in [6.07, 6.45) is 0.845. The maximum Gasteiger partial charge on any atom is 0.231 e. The van der Waals surface area contributed by atoms with E-state index in [0.29, 0.717) is 18.0 Å². The van der Waals surface area contributed by atoms with Crippen molar-refractivity contribution in [2.45, 2.75) is 19.4 Å². The SMILES string of the molecule is CC1CN(CC(N)=O)Cc2cc(C=O)ccc21. The number of benzene rings is 1. The average Bonchev–Trinajstić information content (AvgIpc) is 2.27. The Bertz CT molecular complexity index is 457. The van der Waals surface area contributed by atoms with E-state index in [2.05, 4.69) is 6.92 Å².